The smallest absolute Gasteiger partial charge is 0.126 e. The van der Waals surface area contributed by atoms with Gasteiger partial charge >= 0.3 is 0 Å². The van der Waals surface area contributed by atoms with Gasteiger partial charge in [0.05, 0.1) is 0 Å². The zero-order valence-corrected chi connectivity index (χ0v) is 9.88. The van der Waals surface area contributed by atoms with E-state index in [4.69, 9.17) is 0 Å². The highest BCUT2D eigenvalue weighted by molar-refractivity contribution is 5.18. The first-order valence-electron chi connectivity index (χ1n) is 6.22. The monoisotopic (exact) mass is 221 g/mol. The molecule has 1 aromatic rings. The Hall–Kier alpha value is -0.890. The highest BCUT2D eigenvalue weighted by Gasteiger charge is 2.17. The van der Waals surface area contributed by atoms with Gasteiger partial charge in [-0.05, 0) is 50.3 Å². The van der Waals surface area contributed by atoms with Crippen LogP contribution in [0.5, 0.6) is 0 Å². The predicted molar refractivity (Wildman–Crippen MR) is 64.9 cm³/mol. The van der Waals surface area contributed by atoms with E-state index < -0.39 is 0 Å². The first kappa shape index (κ1) is 11.6. The predicted octanol–water partition coefficient (Wildman–Crippen LogP) is 3.15. The van der Waals surface area contributed by atoms with Crippen LogP contribution in [-0.4, -0.2) is 12.6 Å². The van der Waals surface area contributed by atoms with Gasteiger partial charge in [0.2, 0.25) is 0 Å². The average Bonchev–Trinajstić information content (AvgIpc) is 2.19. The van der Waals surface area contributed by atoms with Gasteiger partial charge in [0.15, 0.2) is 0 Å². The normalized spacial score (nSPS) is 18.1. The zero-order valence-electron chi connectivity index (χ0n) is 9.88. The summed E-state index contributed by atoms with van der Waals surface area (Å²) in [7, 11) is 0. The topological polar surface area (TPSA) is 12.0 Å². The van der Waals surface area contributed by atoms with E-state index in [1.54, 1.807) is 6.07 Å². The Morgan fingerprint density at radius 2 is 2.12 bits per heavy atom. The van der Waals surface area contributed by atoms with Gasteiger partial charge in [-0.3, -0.25) is 0 Å². The van der Waals surface area contributed by atoms with Crippen molar-refractivity contribution in [1.29, 1.82) is 0 Å². The molecule has 1 fully saturated rings. The highest BCUT2D eigenvalue weighted by Crippen LogP contribution is 2.25. The van der Waals surface area contributed by atoms with Gasteiger partial charge in [0.1, 0.15) is 5.82 Å². The SMILES string of the molecule is CC(Cc1ccccc1F)NCC1CCC1. The fraction of sp³-hybridized carbons (Fsp3) is 0.571. The van der Waals surface area contributed by atoms with Crippen molar-refractivity contribution >= 4 is 0 Å². The molecule has 1 nitrogen and oxygen atoms in total. The van der Waals surface area contributed by atoms with Crippen LogP contribution in [0.25, 0.3) is 0 Å². The van der Waals surface area contributed by atoms with Crippen LogP contribution in [0.2, 0.25) is 0 Å². The Balaban J connectivity index is 1.77. The molecule has 88 valence electrons. The summed E-state index contributed by atoms with van der Waals surface area (Å²) in [5, 5.41) is 3.49. The van der Waals surface area contributed by atoms with E-state index in [0.29, 0.717) is 6.04 Å². The second-order valence-electron chi connectivity index (χ2n) is 4.90. The lowest BCUT2D eigenvalue weighted by Crippen LogP contribution is -2.35. The number of hydrogen-bond donors (Lipinski definition) is 1. The van der Waals surface area contributed by atoms with Gasteiger partial charge in [-0.1, -0.05) is 24.6 Å². The molecule has 2 rings (SSSR count). The lowest BCUT2D eigenvalue weighted by Gasteiger charge is -2.27. The summed E-state index contributed by atoms with van der Waals surface area (Å²) in [4.78, 5) is 0. The van der Waals surface area contributed by atoms with E-state index in [0.717, 1.165) is 24.4 Å². The van der Waals surface area contributed by atoms with E-state index in [1.807, 2.05) is 12.1 Å². The number of rotatable bonds is 5. The van der Waals surface area contributed by atoms with Crippen LogP contribution in [0, 0.1) is 11.7 Å². The molecule has 1 saturated carbocycles. The summed E-state index contributed by atoms with van der Waals surface area (Å²) < 4.78 is 13.4. The van der Waals surface area contributed by atoms with Crippen LogP contribution >= 0.6 is 0 Å². The molecule has 16 heavy (non-hydrogen) atoms. The summed E-state index contributed by atoms with van der Waals surface area (Å²) in [6.45, 7) is 3.22. The molecule has 2 heteroatoms. The summed E-state index contributed by atoms with van der Waals surface area (Å²) in [6, 6.07) is 7.41. The summed E-state index contributed by atoms with van der Waals surface area (Å²) >= 11 is 0. The molecule has 1 atom stereocenters. The van der Waals surface area contributed by atoms with Crippen LogP contribution in [0.15, 0.2) is 24.3 Å². The van der Waals surface area contributed by atoms with Crippen molar-refractivity contribution in [2.75, 3.05) is 6.54 Å². The van der Waals surface area contributed by atoms with Crippen LogP contribution < -0.4 is 5.32 Å². The van der Waals surface area contributed by atoms with Crippen LogP contribution in [0.1, 0.15) is 31.7 Å². The summed E-state index contributed by atoms with van der Waals surface area (Å²) in [6.07, 6.45) is 4.88. The first-order valence-corrected chi connectivity index (χ1v) is 6.22. The number of benzene rings is 1. The van der Waals surface area contributed by atoms with Crippen molar-refractivity contribution in [3.05, 3.63) is 35.6 Å². The Labute approximate surface area is 97.1 Å². The third-order valence-electron chi connectivity index (χ3n) is 3.46. The highest BCUT2D eigenvalue weighted by atomic mass is 19.1. The molecule has 0 radical (unpaired) electrons. The molecule has 0 aromatic heterocycles. The molecule has 0 bridgehead atoms. The van der Waals surface area contributed by atoms with Crippen molar-refractivity contribution in [3.63, 3.8) is 0 Å². The van der Waals surface area contributed by atoms with E-state index >= 15 is 0 Å². The third kappa shape index (κ3) is 3.05. The first-order chi connectivity index (χ1) is 7.75. The minimum absolute atomic E-state index is 0.0835. The minimum atomic E-state index is -0.0835. The molecule has 0 saturated heterocycles. The summed E-state index contributed by atoms with van der Waals surface area (Å²) in [5.41, 5.74) is 0.816. The average molecular weight is 221 g/mol. The second-order valence-corrected chi connectivity index (χ2v) is 4.90. The maximum absolute atomic E-state index is 13.4. The molecule has 0 heterocycles. The van der Waals surface area contributed by atoms with Gasteiger partial charge in [-0.15, -0.1) is 0 Å². The maximum atomic E-state index is 13.4. The Kier molecular flexibility index (Phi) is 3.94. The van der Waals surface area contributed by atoms with Gasteiger partial charge in [0, 0.05) is 6.04 Å². The number of hydrogen-bond acceptors (Lipinski definition) is 1. The van der Waals surface area contributed by atoms with Gasteiger partial charge in [0.25, 0.3) is 0 Å². The van der Waals surface area contributed by atoms with Crippen molar-refractivity contribution in [3.8, 4) is 0 Å². The molecular weight excluding hydrogens is 201 g/mol. The Morgan fingerprint density at radius 1 is 1.38 bits per heavy atom. The van der Waals surface area contributed by atoms with Crippen molar-refractivity contribution in [1.82, 2.24) is 5.32 Å². The number of halogens is 1. The van der Waals surface area contributed by atoms with Crippen molar-refractivity contribution in [2.24, 2.45) is 5.92 Å². The number of nitrogens with one attached hydrogen (secondary N) is 1. The molecule has 0 spiro atoms. The molecule has 0 aliphatic heterocycles. The van der Waals surface area contributed by atoms with E-state index in [1.165, 1.54) is 25.3 Å². The van der Waals surface area contributed by atoms with Crippen LogP contribution in [0.3, 0.4) is 0 Å². The lowest BCUT2D eigenvalue weighted by atomic mass is 9.85. The van der Waals surface area contributed by atoms with E-state index in [2.05, 4.69) is 12.2 Å². The molecule has 1 aromatic carbocycles. The zero-order chi connectivity index (χ0) is 11.4. The van der Waals surface area contributed by atoms with Gasteiger partial charge < -0.3 is 5.32 Å². The standard InChI is InChI=1S/C14H20FN/c1-11(16-10-12-5-4-6-12)9-13-7-2-3-8-14(13)15/h2-3,7-8,11-12,16H,4-6,9-10H2,1H3. The molecule has 1 unspecified atom stereocenters. The Morgan fingerprint density at radius 3 is 2.75 bits per heavy atom. The second kappa shape index (κ2) is 5.44. The van der Waals surface area contributed by atoms with E-state index in [9.17, 15) is 4.39 Å². The Bertz CT molecular complexity index is 333. The summed E-state index contributed by atoms with van der Waals surface area (Å²) in [5.74, 6) is 0.780. The largest absolute Gasteiger partial charge is 0.314 e. The molecule has 1 aliphatic rings. The van der Waals surface area contributed by atoms with Crippen LogP contribution in [-0.2, 0) is 6.42 Å². The van der Waals surface area contributed by atoms with Crippen molar-refractivity contribution in [2.45, 2.75) is 38.6 Å². The fourth-order valence-electron chi connectivity index (χ4n) is 2.13. The maximum Gasteiger partial charge on any atom is 0.126 e. The lowest BCUT2D eigenvalue weighted by molar-refractivity contribution is 0.291. The molecular formula is C14H20FN. The minimum Gasteiger partial charge on any atom is -0.314 e. The fourth-order valence-corrected chi connectivity index (χ4v) is 2.13. The van der Waals surface area contributed by atoms with Gasteiger partial charge in [-0.25, -0.2) is 4.39 Å². The van der Waals surface area contributed by atoms with E-state index in [-0.39, 0.29) is 5.82 Å². The quantitative estimate of drug-likeness (QED) is 0.805. The van der Waals surface area contributed by atoms with Gasteiger partial charge in [-0.2, -0.15) is 0 Å². The van der Waals surface area contributed by atoms with Crippen molar-refractivity contribution < 1.29 is 4.39 Å². The molecule has 1 N–H and O–H groups in total. The third-order valence-corrected chi connectivity index (χ3v) is 3.46. The molecule has 1 aliphatic carbocycles. The van der Waals surface area contributed by atoms with Crippen LogP contribution in [0.4, 0.5) is 4.39 Å². The molecule has 0 amide bonds.